The molecule has 5 nitrogen and oxygen atoms in total. The molecule has 0 bridgehead atoms. The predicted molar refractivity (Wildman–Crippen MR) is 87.7 cm³/mol. The number of aryl methyl sites for hydroxylation is 2. The van der Waals surface area contributed by atoms with E-state index in [1.54, 1.807) is 6.20 Å². The van der Waals surface area contributed by atoms with Crippen molar-refractivity contribution in [3.05, 3.63) is 18.2 Å². The normalized spacial score (nSPS) is 22.0. The highest BCUT2D eigenvalue weighted by atomic mass is 32.2. The van der Waals surface area contributed by atoms with Gasteiger partial charge in [0.1, 0.15) is 5.82 Å². The minimum atomic E-state index is -0.0247. The molecule has 0 radical (unpaired) electrons. The molecule has 1 aromatic rings. The number of urea groups is 1. The van der Waals surface area contributed by atoms with E-state index in [1.807, 2.05) is 24.9 Å². The van der Waals surface area contributed by atoms with Crippen LogP contribution >= 0.6 is 11.8 Å². The van der Waals surface area contributed by atoms with Crippen LogP contribution in [0.2, 0.25) is 0 Å². The third-order valence-corrected chi connectivity index (χ3v) is 5.28. The van der Waals surface area contributed by atoms with Crippen LogP contribution in [-0.2, 0) is 6.54 Å². The van der Waals surface area contributed by atoms with E-state index >= 15 is 0 Å². The van der Waals surface area contributed by atoms with Crippen LogP contribution in [-0.4, -0.2) is 39.7 Å². The third-order valence-electron chi connectivity index (χ3n) is 4.11. The minimum Gasteiger partial charge on any atom is -0.338 e. The van der Waals surface area contributed by atoms with E-state index in [0.717, 1.165) is 25.2 Å². The second-order valence-electron chi connectivity index (χ2n) is 5.59. The number of nitrogens with zero attached hydrogens (tertiary/aromatic N) is 2. The average Bonchev–Trinajstić information content (AvgIpc) is 2.89. The first-order valence-corrected chi connectivity index (χ1v) is 9.04. The summed E-state index contributed by atoms with van der Waals surface area (Å²) >= 11 is 1.87. The first-order chi connectivity index (χ1) is 10.2. The molecule has 2 amide bonds. The lowest BCUT2D eigenvalue weighted by atomic mass is 9.95. The van der Waals surface area contributed by atoms with Gasteiger partial charge in [-0.1, -0.05) is 12.8 Å². The molecule has 0 spiro atoms. The van der Waals surface area contributed by atoms with Crippen LogP contribution in [0.25, 0.3) is 0 Å². The highest BCUT2D eigenvalue weighted by Crippen LogP contribution is 2.26. The molecule has 118 valence electrons. The summed E-state index contributed by atoms with van der Waals surface area (Å²) in [6, 6.07) is 0.299. The Morgan fingerprint density at radius 2 is 2.29 bits per heavy atom. The molecular formula is C15H26N4OS. The number of carbonyl (C=O) groups is 1. The highest BCUT2D eigenvalue weighted by Gasteiger charge is 2.25. The van der Waals surface area contributed by atoms with Crippen LogP contribution in [0.1, 0.15) is 37.9 Å². The molecule has 1 fully saturated rings. The highest BCUT2D eigenvalue weighted by molar-refractivity contribution is 7.99. The molecule has 21 heavy (non-hydrogen) atoms. The molecule has 1 saturated carbocycles. The molecule has 0 aromatic carbocycles. The van der Waals surface area contributed by atoms with E-state index in [-0.39, 0.29) is 6.03 Å². The van der Waals surface area contributed by atoms with Crippen molar-refractivity contribution in [2.75, 3.05) is 12.8 Å². The van der Waals surface area contributed by atoms with Gasteiger partial charge in [-0.15, -0.1) is 0 Å². The largest absolute Gasteiger partial charge is 0.338 e. The summed E-state index contributed by atoms with van der Waals surface area (Å²) in [7, 11) is 0. The molecule has 1 aliphatic carbocycles. The number of amides is 2. The molecule has 1 aliphatic rings. The Kier molecular flexibility index (Phi) is 6.42. The van der Waals surface area contributed by atoms with Gasteiger partial charge in [0, 0.05) is 36.8 Å². The summed E-state index contributed by atoms with van der Waals surface area (Å²) in [5.41, 5.74) is 0. The Hall–Kier alpha value is -1.17. The quantitative estimate of drug-likeness (QED) is 0.794. The molecule has 2 N–H and O–H groups in total. The molecule has 6 heteroatoms. The van der Waals surface area contributed by atoms with Gasteiger partial charge in [0.05, 0.1) is 0 Å². The third kappa shape index (κ3) is 4.95. The van der Waals surface area contributed by atoms with Gasteiger partial charge in [0.25, 0.3) is 0 Å². The maximum absolute atomic E-state index is 12.0. The van der Waals surface area contributed by atoms with Crippen LogP contribution in [0.5, 0.6) is 0 Å². The molecule has 0 saturated heterocycles. The number of carbonyl (C=O) groups excluding carboxylic acids is 1. The van der Waals surface area contributed by atoms with Crippen LogP contribution in [0.15, 0.2) is 12.4 Å². The lowest BCUT2D eigenvalue weighted by Crippen LogP contribution is -2.48. The monoisotopic (exact) mass is 310 g/mol. The van der Waals surface area contributed by atoms with Crippen molar-refractivity contribution in [2.24, 2.45) is 0 Å². The summed E-state index contributed by atoms with van der Waals surface area (Å²) in [6.45, 7) is 3.58. The van der Waals surface area contributed by atoms with Crippen LogP contribution < -0.4 is 10.6 Å². The van der Waals surface area contributed by atoms with Gasteiger partial charge in [0.15, 0.2) is 0 Å². The number of imidazole rings is 1. The summed E-state index contributed by atoms with van der Waals surface area (Å²) in [6.07, 6.45) is 11.7. The van der Waals surface area contributed by atoms with Gasteiger partial charge in [-0.25, -0.2) is 9.78 Å². The fraction of sp³-hybridized carbons (Fsp3) is 0.733. The molecule has 0 unspecified atom stereocenters. The first-order valence-electron chi connectivity index (χ1n) is 7.75. The number of hydrogen-bond donors (Lipinski definition) is 2. The van der Waals surface area contributed by atoms with E-state index in [9.17, 15) is 4.79 Å². The molecule has 1 aromatic heterocycles. The first kappa shape index (κ1) is 16.2. The Morgan fingerprint density at radius 1 is 1.48 bits per heavy atom. The number of nitrogens with one attached hydrogen (secondary N) is 2. The number of aromatic nitrogens is 2. The Morgan fingerprint density at radius 3 is 3.00 bits per heavy atom. The zero-order valence-corrected chi connectivity index (χ0v) is 13.8. The molecule has 0 aliphatic heterocycles. The Bertz CT molecular complexity index is 449. The van der Waals surface area contributed by atoms with Crippen molar-refractivity contribution in [2.45, 2.75) is 56.9 Å². The Labute approximate surface area is 131 Å². The fourth-order valence-electron chi connectivity index (χ4n) is 2.85. The summed E-state index contributed by atoms with van der Waals surface area (Å²) in [5, 5.41) is 6.67. The van der Waals surface area contributed by atoms with Crippen molar-refractivity contribution in [1.82, 2.24) is 20.2 Å². The van der Waals surface area contributed by atoms with Crippen LogP contribution in [0.4, 0.5) is 4.79 Å². The van der Waals surface area contributed by atoms with E-state index < -0.39 is 0 Å². The fourth-order valence-corrected chi connectivity index (χ4v) is 3.79. The number of rotatable bonds is 6. The summed E-state index contributed by atoms with van der Waals surface area (Å²) in [5.74, 6) is 1.02. The number of thioether (sulfide) groups is 1. The van der Waals surface area contributed by atoms with Crippen molar-refractivity contribution < 1.29 is 4.79 Å². The van der Waals surface area contributed by atoms with Gasteiger partial charge < -0.3 is 15.2 Å². The predicted octanol–water partition coefficient (Wildman–Crippen LogP) is 2.56. The second kappa shape index (κ2) is 8.32. The summed E-state index contributed by atoms with van der Waals surface area (Å²) in [4.78, 5) is 16.1. The smallest absolute Gasteiger partial charge is 0.315 e. The van der Waals surface area contributed by atoms with Crippen molar-refractivity contribution in [1.29, 1.82) is 0 Å². The van der Waals surface area contributed by atoms with E-state index in [4.69, 9.17) is 0 Å². The average molecular weight is 310 g/mol. The van der Waals surface area contributed by atoms with Gasteiger partial charge in [-0.3, -0.25) is 0 Å². The lowest BCUT2D eigenvalue weighted by molar-refractivity contribution is 0.233. The molecule has 2 atom stereocenters. The zero-order chi connectivity index (χ0) is 15.1. The van der Waals surface area contributed by atoms with Gasteiger partial charge in [0.2, 0.25) is 0 Å². The maximum Gasteiger partial charge on any atom is 0.315 e. The lowest BCUT2D eigenvalue weighted by Gasteiger charge is -2.30. The maximum atomic E-state index is 12.0. The zero-order valence-electron chi connectivity index (χ0n) is 13.0. The van der Waals surface area contributed by atoms with Crippen LogP contribution in [0.3, 0.4) is 0 Å². The SMILES string of the molecule is CS[C@H]1CCCC[C@@H]1NC(=O)NCCCn1ccnc1C. The standard InChI is InChI=1S/C15H26N4OS/c1-12-16-9-11-19(12)10-5-8-17-15(20)18-13-6-3-4-7-14(13)21-2/h9,11,13-14H,3-8,10H2,1-2H3,(H2,17,18,20)/t13-,14-/m0/s1. The number of hydrogen-bond acceptors (Lipinski definition) is 3. The van der Waals surface area contributed by atoms with Gasteiger partial charge >= 0.3 is 6.03 Å². The van der Waals surface area contributed by atoms with E-state index in [1.165, 1.54) is 19.3 Å². The second-order valence-corrected chi connectivity index (χ2v) is 6.66. The molecule has 1 heterocycles. The van der Waals surface area contributed by atoms with Gasteiger partial charge in [-0.05, 0) is 32.4 Å². The van der Waals surface area contributed by atoms with Crippen molar-refractivity contribution in [3.63, 3.8) is 0 Å². The minimum absolute atomic E-state index is 0.0247. The van der Waals surface area contributed by atoms with E-state index in [2.05, 4.69) is 26.4 Å². The molecular weight excluding hydrogens is 284 g/mol. The molecule has 2 rings (SSSR count). The van der Waals surface area contributed by atoms with E-state index in [0.29, 0.717) is 17.8 Å². The topological polar surface area (TPSA) is 59.0 Å². The van der Waals surface area contributed by atoms with Crippen molar-refractivity contribution >= 4 is 17.8 Å². The van der Waals surface area contributed by atoms with Crippen molar-refractivity contribution in [3.8, 4) is 0 Å². The van der Waals surface area contributed by atoms with Gasteiger partial charge in [-0.2, -0.15) is 11.8 Å². The van der Waals surface area contributed by atoms with Crippen LogP contribution in [0, 0.1) is 6.92 Å². The summed E-state index contributed by atoms with van der Waals surface area (Å²) < 4.78 is 2.10. The Balaban J connectivity index is 1.64.